The molecule has 6 heteroatoms. The highest BCUT2D eigenvalue weighted by Gasteiger charge is 2.35. The van der Waals surface area contributed by atoms with Gasteiger partial charge in [0.1, 0.15) is 0 Å². The summed E-state index contributed by atoms with van der Waals surface area (Å²) >= 11 is 5.92. The molecule has 2 heterocycles. The summed E-state index contributed by atoms with van der Waals surface area (Å²) < 4.78 is 1.71. The number of Topliss-reactive ketones (excluding diaryl/α,β-unsaturated/α-hetero) is 1. The van der Waals surface area contributed by atoms with Gasteiger partial charge in [0, 0.05) is 24.0 Å². The van der Waals surface area contributed by atoms with E-state index in [0.717, 1.165) is 0 Å². The van der Waals surface area contributed by atoms with Crippen molar-refractivity contribution in [3.8, 4) is 0 Å². The number of ketones is 1. The first kappa shape index (κ1) is 11.9. The van der Waals surface area contributed by atoms with Crippen LogP contribution < -0.4 is 4.90 Å². The Morgan fingerprint density at radius 1 is 1.21 bits per heavy atom. The third kappa shape index (κ3) is 2.02. The first-order valence-corrected chi connectivity index (χ1v) is 6.18. The predicted octanol–water partition coefficient (Wildman–Crippen LogP) is 1.77. The van der Waals surface area contributed by atoms with E-state index in [1.807, 2.05) is 6.07 Å². The highest BCUT2D eigenvalue weighted by Crippen LogP contribution is 2.31. The van der Waals surface area contributed by atoms with Crippen molar-refractivity contribution in [3.05, 3.63) is 47.2 Å². The molecule has 0 saturated heterocycles. The van der Waals surface area contributed by atoms with Crippen molar-refractivity contribution in [3.63, 3.8) is 0 Å². The van der Waals surface area contributed by atoms with Gasteiger partial charge in [-0.15, -0.1) is 0 Å². The van der Waals surface area contributed by atoms with Crippen LogP contribution in [0.3, 0.4) is 0 Å². The van der Waals surface area contributed by atoms with Crippen molar-refractivity contribution < 1.29 is 9.59 Å². The van der Waals surface area contributed by atoms with Crippen molar-refractivity contribution in [1.82, 2.24) is 9.78 Å². The number of carbonyl (C=O) groups is 2. The number of anilines is 1. The maximum Gasteiger partial charge on any atom is 0.299 e. The normalized spacial score (nSPS) is 14.1. The zero-order chi connectivity index (χ0) is 13.4. The second kappa shape index (κ2) is 4.51. The molecule has 1 aromatic carbocycles. The summed E-state index contributed by atoms with van der Waals surface area (Å²) in [6, 6.07) is 6.65. The molecule has 1 aliphatic rings. The quantitative estimate of drug-likeness (QED) is 0.802. The fourth-order valence-electron chi connectivity index (χ4n) is 2.12. The summed E-state index contributed by atoms with van der Waals surface area (Å²) in [6.07, 6.45) is 3.48. The van der Waals surface area contributed by atoms with Crippen molar-refractivity contribution in [2.75, 3.05) is 11.4 Å². The van der Waals surface area contributed by atoms with Crippen LogP contribution in [-0.4, -0.2) is 28.0 Å². The summed E-state index contributed by atoms with van der Waals surface area (Å²) in [7, 11) is 0. The molecule has 5 nitrogen and oxygen atoms in total. The molecular formula is C13H10ClN3O2. The topological polar surface area (TPSA) is 55.2 Å². The van der Waals surface area contributed by atoms with E-state index in [1.165, 1.54) is 4.90 Å². The molecule has 0 aliphatic carbocycles. The number of hydrogen-bond donors (Lipinski definition) is 0. The molecule has 96 valence electrons. The van der Waals surface area contributed by atoms with Crippen molar-refractivity contribution in [1.29, 1.82) is 0 Å². The second-order valence-corrected chi connectivity index (χ2v) is 4.65. The fourth-order valence-corrected chi connectivity index (χ4v) is 2.29. The Labute approximate surface area is 114 Å². The van der Waals surface area contributed by atoms with Crippen LogP contribution in [0.5, 0.6) is 0 Å². The van der Waals surface area contributed by atoms with E-state index >= 15 is 0 Å². The SMILES string of the molecule is O=C1C(=O)N(CCn2cccn2)c2cc(Cl)ccc21. The van der Waals surface area contributed by atoms with E-state index in [9.17, 15) is 9.59 Å². The minimum absolute atomic E-state index is 0.388. The van der Waals surface area contributed by atoms with Crippen LogP contribution in [0, 0.1) is 0 Å². The van der Waals surface area contributed by atoms with Gasteiger partial charge in [-0.05, 0) is 24.3 Å². The van der Waals surface area contributed by atoms with Crippen LogP contribution in [0.15, 0.2) is 36.7 Å². The lowest BCUT2D eigenvalue weighted by atomic mass is 10.1. The Kier molecular flexibility index (Phi) is 2.83. The monoisotopic (exact) mass is 275 g/mol. The Morgan fingerprint density at radius 2 is 2.05 bits per heavy atom. The largest absolute Gasteiger partial charge is 0.303 e. The van der Waals surface area contributed by atoms with E-state index in [4.69, 9.17) is 11.6 Å². The molecule has 2 aromatic rings. The highest BCUT2D eigenvalue weighted by molar-refractivity contribution is 6.52. The molecule has 0 radical (unpaired) electrons. The average Bonchev–Trinajstić information content (AvgIpc) is 2.98. The Balaban J connectivity index is 1.88. The van der Waals surface area contributed by atoms with E-state index in [0.29, 0.717) is 29.4 Å². The van der Waals surface area contributed by atoms with Gasteiger partial charge in [-0.3, -0.25) is 14.3 Å². The van der Waals surface area contributed by atoms with Crippen LogP contribution in [0.4, 0.5) is 5.69 Å². The smallest absolute Gasteiger partial charge is 0.299 e. The molecule has 0 spiro atoms. The zero-order valence-electron chi connectivity index (χ0n) is 9.91. The average molecular weight is 276 g/mol. The lowest BCUT2D eigenvalue weighted by Gasteiger charge is -2.16. The molecular weight excluding hydrogens is 266 g/mol. The first-order chi connectivity index (χ1) is 9.16. The molecule has 0 fully saturated rings. The van der Waals surface area contributed by atoms with E-state index < -0.39 is 11.7 Å². The summed E-state index contributed by atoms with van der Waals surface area (Å²) in [6.45, 7) is 0.914. The maximum absolute atomic E-state index is 11.9. The summed E-state index contributed by atoms with van der Waals surface area (Å²) in [5, 5.41) is 4.57. The maximum atomic E-state index is 11.9. The number of aromatic nitrogens is 2. The van der Waals surface area contributed by atoms with Crippen LogP contribution in [0.25, 0.3) is 0 Å². The number of carbonyl (C=O) groups excluding carboxylic acids is 2. The van der Waals surface area contributed by atoms with Crippen LogP contribution in [-0.2, 0) is 11.3 Å². The third-order valence-electron chi connectivity index (χ3n) is 3.05. The first-order valence-electron chi connectivity index (χ1n) is 5.80. The lowest BCUT2D eigenvalue weighted by Crippen LogP contribution is -2.32. The molecule has 0 atom stereocenters. The fraction of sp³-hybridized carbons (Fsp3) is 0.154. The van der Waals surface area contributed by atoms with E-state index in [-0.39, 0.29) is 0 Å². The van der Waals surface area contributed by atoms with Crippen LogP contribution >= 0.6 is 11.6 Å². The van der Waals surface area contributed by atoms with Gasteiger partial charge in [0.25, 0.3) is 11.7 Å². The van der Waals surface area contributed by atoms with Gasteiger partial charge in [0.05, 0.1) is 17.8 Å². The van der Waals surface area contributed by atoms with Crippen molar-refractivity contribution >= 4 is 29.0 Å². The van der Waals surface area contributed by atoms with Crippen molar-refractivity contribution in [2.45, 2.75) is 6.54 Å². The Hall–Kier alpha value is -2.14. The zero-order valence-corrected chi connectivity index (χ0v) is 10.7. The van der Waals surface area contributed by atoms with Crippen LogP contribution in [0.2, 0.25) is 5.02 Å². The summed E-state index contributed by atoms with van der Waals surface area (Å²) in [5.74, 6) is -0.989. The molecule has 1 amide bonds. The van der Waals surface area contributed by atoms with Gasteiger partial charge < -0.3 is 4.90 Å². The second-order valence-electron chi connectivity index (χ2n) is 4.22. The molecule has 0 N–H and O–H groups in total. The van der Waals surface area contributed by atoms with Gasteiger partial charge in [-0.1, -0.05) is 11.6 Å². The minimum Gasteiger partial charge on any atom is -0.303 e. The molecule has 1 aromatic heterocycles. The summed E-state index contributed by atoms with van der Waals surface area (Å²) in [4.78, 5) is 25.2. The van der Waals surface area contributed by atoms with E-state index in [2.05, 4.69) is 5.10 Å². The summed E-state index contributed by atoms with van der Waals surface area (Å²) in [5.41, 5.74) is 0.990. The number of benzene rings is 1. The molecule has 0 saturated carbocycles. The van der Waals surface area contributed by atoms with E-state index in [1.54, 1.807) is 35.3 Å². The highest BCUT2D eigenvalue weighted by atomic mass is 35.5. The number of nitrogens with zero attached hydrogens (tertiary/aromatic N) is 3. The predicted molar refractivity (Wildman–Crippen MR) is 70.4 cm³/mol. The van der Waals surface area contributed by atoms with Crippen LogP contribution in [0.1, 0.15) is 10.4 Å². The number of fused-ring (bicyclic) bond motifs is 1. The number of rotatable bonds is 3. The van der Waals surface area contributed by atoms with Gasteiger partial charge in [0.2, 0.25) is 0 Å². The molecule has 0 bridgehead atoms. The Bertz CT molecular complexity index is 652. The van der Waals surface area contributed by atoms with Gasteiger partial charge in [0.15, 0.2) is 0 Å². The minimum atomic E-state index is -0.510. The number of hydrogen-bond acceptors (Lipinski definition) is 3. The Morgan fingerprint density at radius 3 is 2.79 bits per heavy atom. The van der Waals surface area contributed by atoms with Gasteiger partial charge in [-0.2, -0.15) is 5.10 Å². The number of amides is 1. The number of halogens is 1. The standard InChI is InChI=1S/C13H10ClN3O2/c14-9-2-3-10-11(8-9)17(13(19)12(10)18)7-6-16-5-1-4-15-16/h1-5,8H,6-7H2. The van der Waals surface area contributed by atoms with Crippen molar-refractivity contribution in [2.24, 2.45) is 0 Å². The molecule has 19 heavy (non-hydrogen) atoms. The van der Waals surface area contributed by atoms with Gasteiger partial charge in [-0.25, -0.2) is 0 Å². The molecule has 3 rings (SSSR count). The third-order valence-corrected chi connectivity index (χ3v) is 3.28. The lowest BCUT2D eigenvalue weighted by molar-refractivity contribution is -0.114. The van der Waals surface area contributed by atoms with Gasteiger partial charge >= 0.3 is 0 Å². The molecule has 1 aliphatic heterocycles. The molecule has 0 unspecified atom stereocenters.